The molecule has 6 nitrogen and oxygen atoms in total. The van der Waals surface area contributed by atoms with Crippen LogP contribution in [0.1, 0.15) is 19.6 Å². The second kappa shape index (κ2) is 7.76. The summed E-state index contributed by atoms with van der Waals surface area (Å²) >= 11 is 5.26. The number of aromatic nitrogens is 3. The van der Waals surface area contributed by atoms with Crippen LogP contribution >= 0.6 is 12.2 Å². The lowest BCUT2D eigenvalue weighted by Crippen LogP contribution is -2.05. The number of aromatic amines is 1. The van der Waals surface area contributed by atoms with Gasteiger partial charge in [0, 0.05) is 11.8 Å². The number of benzene rings is 1. The van der Waals surface area contributed by atoms with E-state index in [1.54, 1.807) is 23.2 Å². The summed E-state index contributed by atoms with van der Waals surface area (Å²) in [5, 5.41) is 11.4. The normalized spacial score (nSPS) is 11.8. The third-order valence-electron chi connectivity index (χ3n) is 3.19. The lowest BCUT2D eigenvalue weighted by molar-refractivity contribution is 0.242. The molecule has 3 rings (SSSR count). The number of allylic oxidation sites excluding steroid dienone is 1. The summed E-state index contributed by atoms with van der Waals surface area (Å²) in [5.74, 6) is 2.14. The Bertz CT molecular complexity index is 936. The van der Waals surface area contributed by atoms with Gasteiger partial charge in [0.1, 0.15) is 11.5 Å². The molecule has 3 aromatic rings. The highest BCUT2D eigenvalue weighted by atomic mass is 32.1. The predicted octanol–water partition coefficient (Wildman–Crippen LogP) is 4.54. The smallest absolute Gasteiger partial charge is 0.216 e. The third kappa shape index (κ3) is 4.33. The molecule has 2 heterocycles. The highest BCUT2D eigenvalue weighted by Gasteiger charge is 2.09. The van der Waals surface area contributed by atoms with Crippen molar-refractivity contribution in [3.63, 3.8) is 0 Å². The fraction of sp³-hybridized carbons (Fsp3) is 0.167. The molecule has 0 saturated heterocycles. The van der Waals surface area contributed by atoms with Crippen molar-refractivity contribution in [3.8, 4) is 17.1 Å². The fourth-order valence-corrected chi connectivity index (χ4v) is 2.37. The van der Waals surface area contributed by atoms with E-state index < -0.39 is 0 Å². The number of hydrogen-bond acceptors (Lipinski definition) is 5. The number of furan rings is 1. The molecule has 0 bridgehead atoms. The molecule has 1 aromatic carbocycles. The molecule has 0 atom stereocenters. The van der Waals surface area contributed by atoms with E-state index in [2.05, 4.69) is 15.3 Å². The van der Waals surface area contributed by atoms with Crippen LogP contribution < -0.4 is 4.74 Å². The van der Waals surface area contributed by atoms with Crippen LogP contribution in [0.2, 0.25) is 0 Å². The van der Waals surface area contributed by atoms with Gasteiger partial charge in [-0.25, -0.2) is 5.10 Å². The molecule has 0 amide bonds. The molecule has 0 spiro atoms. The molecule has 7 heteroatoms. The molecular weight excluding hydrogens is 336 g/mol. The van der Waals surface area contributed by atoms with Gasteiger partial charge in [-0.2, -0.15) is 14.9 Å². The first-order valence-electron chi connectivity index (χ1n) is 7.82. The summed E-state index contributed by atoms with van der Waals surface area (Å²) in [6.07, 6.45) is 6.93. The Morgan fingerprint density at radius 1 is 1.32 bits per heavy atom. The minimum absolute atomic E-state index is 0.0980. The van der Waals surface area contributed by atoms with Gasteiger partial charge >= 0.3 is 0 Å². The van der Waals surface area contributed by atoms with Gasteiger partial charge in [0.25, 0.3) is 0 Å². The van der Waals surface area contributed by atoms with Gasteiger partial charge in [-0.3, -0.25) is 0 Å². The zero-order chi connectivity index (χ0) is 17.6. The van der Waals surface area contributed by atoms with Gasteiger partial charge in [0.2, 0.25) is 4.77 Å². The Morgan fingerprint density at radius 3 is 2.96 bits per heavy atom. The number of rotatable bonds is 6. The summed E-state index contributed by atoms with van der Waals surface area (Å²) in [5.41, 5.74) is 0.859. The summed E-state index contributed by atoms with van der Waals surface area (Å²) in [7, 11) is 0. The molecule has 0 fully saturated rings. The Hall–Kier alpha value is -2.93. The second-order valence-corrected chi connectivity index (χ2v) is 5.88. The van der Waals surface area contributed by atoms with Crippen molar-refractivity contribution in [1.82, 2.24) is 14.9 Å². The molecule has 128 valence electrons. The van der Waals surface area contributed by atoms with Crippen molar-refractivity contribution in [3.05, 3.63) is 59.3 Å². The molecule has 0 unspecified atom stereocenters. The van der Waals surface area contributed by atoms with Crippen LogP contribution in [0, 0.1) is 4.77 Å². The Balaban J connectivity index is 1.85. The van der Waals surface area contributed by atoms with Gasteiger partial charge in [-0.15, -0.1) is 0 Å². The van der Waals surface area contributed by atoms with Crippen molar-refractivity contribution < 1.29 is 9.15 Å². The summed E-state index contributed by atoms with van der Waals surface area (Å²) in [6, 6.07) is 11.4. The average molecular weight is 354 g/mol. The van der Waals surface area contributed by atoms with E-state index in [0.717, 1.165) is 17.1 Å². The van der Waals surface area contributed by atoms with E-state index in [-0.39, 0.29) is 6.10 Å². The first-order chi connectivity index (χ1) is 12.1. The van der Waals surface area contributed by atoms with E-state index in [1.807, 2.05) is 56.3 Å². The summed E-state index contributed by atoms with van der Waals surface area (Å²) in [6.45, 7) is 3.97. The lowest BCUT2D eigenvalue weighted by Gasteiger charge is -2.10. The van der Waals surface area contributed by atoms with Crippen molar-refractivity contribution in [2.75, 3.05) is 0 Å². The third-order valence-corrected chi connectivity index (χ3v) is 3.45. The van der Waals surface area contributed by atoms with E-state index in [4.69, 9.17) is 21.4 Å². The van der Waals surface area contributed by atoms with Crippen LogP contribution in [0.4, 0.5) is 0 Å². The van der Waals surface area contributed by atoms with Gasteiger partial charge in [0.15, 0.2) is 5.82 Å². The fourth-order valence-electron chi connectivity index (χ4n) is 2.20. The second-order valence-electron chi connectivity index (χ2n) is 5.50. The minimum Gasteiger partial charge on any atom is -0.491 e. The standard InChI is InChI=1S/C18H18N4O2S/c1-13(2)24-16-7-3-6-14(12-16)17-20-21-18(25)22(17)19-10-4-8-15-9-5-11-23-15/h3-13H,1-2H3,(H,21,25)/b8-4+,19-10+. The van der Waals surface area contributed by atoms with Crippen LogP contribution in [-0.4, -0.2) is 27.2 Å². The lowest BCUT2D eigenvalue weighted by atomic mass is 10.2. The zero-order valence-electron chi connectivity index (χ0n) is 13.9. The monoisotopic (exact) mass is 354 g/mol. The van der Waals surface area contributed by atoms with Gasteiger partial charge in [-0.1, -0.05) is 12.1 Å². The maximum atomic E-state index is 5.73. The molecule has 25 heavy (non-hydrogen) atoms. The number of H-pyrrole nitrogens is 1. The first kappa shape index (κ1) is 16.9. The van der Waals surface area contributed by atoms with Crippen molar-refractivity contribution in [2.45, 2.75) is 20.0 Å². The van der Waals surface area contributed by atoms with Crippen molar-refractivity contribution >= 4 is 24.5 Å². The number of hydrogen-bond donors (Lipinski definition) is 1. The topological polar surface area (TPSA) is 68.3 Å². The largest absolute Gasteiger partial charge is 0.491 e. The zero-order valence-corrected chi connectivity index (χ0v) is 14.7. The molecular formula is C18H18N4O2S. The van der Waals surface area contributed by atoms with Crippen LogP contribution in [0.5, 0.6) is 5.75 Å². The number of ether oxygens (including phenoxy) is 1. The highest BCUT2D eigenvalue weighted by molar-refractivity contribution is 7.71. The van der Waals surface area contributed by atoms with E-state index in [0.29, 0.717) is 10.6 Å². The van der Waals surface area contributed by atoms with E-state index in [9.17, 15) is 0 Å². The van der Waals surface area contributed by atoms with E-state index >= 15 is 0 Å². The van der Waals surface area contributed by atoms with Gasteiger partial charge < -0.3 is 9.15 Å². The summed E-state index contributed by atoms with van der Waals surface area (Å²) < 4.78 is 12.9. The van der Waals surface area contributed by atoms with Crippen LogP contribution in [-0.2, 0) is 0 Å². The average Bonchev–Trinajstić information content (AvgIpc) is 3.21. The van der Waals surface area contributed by atoms with Gasteiger partial charge in [0.05, 0.1) is 12.4 Å². The maximum Gasteiger partial charge on any atom is 0.216 e. The molecule has 0 saturated carbocycles. The molecule has 1 N–H and O–H groups in total. The summed E-state index contributed by atoms with van der Waals surface area (Å²) in [4.78, 5) is 0. The Labute approximate surface area is 150 Å². The van der Waals surface area contributed by atoms with Crippen LogP contribution in [0.15, 0.2) is 58.3 Å². The number of nitrogens with zero attached hydrogens (tertiary/aromatic N) is 3. The Morgan fingerprint density at radius 2 is 2.20 bits per heavy atom. The molecule has 0 aliphatic heterocycles. The van der Waals surface area contributed by atoms with Crippen molar-refractivity contribution in [2.24, 2.45) is 5.10 Å². The first-order valence-corrected chi connectivity index (χ1v) is 8.23. The number of nitrogens with one attached hydrogen (secondary N) is 1. The van der Waals surface area contributed by atoms with Crippen LogP contribution in [0.3, 0.4) is 0 Å². The van der Waals surface area contributed by atoms with Crippen LogP contribution in [0.25, 0.3) is 17.5 Å². The maximum absolute atomic E-state index is 5.73. The Kier molecular flexibility index (Phi) is 5.25. The predicted molar refractivity (Wildman–Crippen MR) is 100 cm³/mol. The molecule has 0 aliphatic carbocycles. The highest BCUT2D eigenvalue weighted by Crippen LogP contribution is 2.23. The minimum atomic E-state index is 0.0980. The molecule has 2 aromatic heterocycles. The van der Waals surface area contributed by atoms with Crippen molar-refractivity contribution in [1.29, 1.82) is 0 Å². The molecule has 0 aliphatic rings. The van der Waals surface area contributed by atoms with E-state index in [1.165, 1.54) is 0 Å². The quantitative estimate of drug-likeness (QED) is 0.521. The molecule has 0 radical (unpaired) electrons. The SMILES string of the molecule is CC(C)Oc1cccc(-c2n[nH]c(=S)n2/N=C/C=C/c2ccco2)c1. The van der Waals surface area contributed by atoms with Gasteiger partial charge in [-0.05, 0) is 62.5 Å².